The Morgan fingerprint density at radius 2 is 1.50 bits per heavy atom. The molecule has 3 rings (SSSR count). The zero-order valence-electron chi connectivity index (χ0n) is 25.9. The number of hydrogen-bond acceptors (Lipinski definition) is 3. The van der Waals surface area contributed by atoms with Gasteiger partial charge in [0.2, 0.25) is 0 Å². The molecule has 0 bridgehead atoms. The van der Waals surface area contributed by atoms with Gasteiger partial charge in [-0.1, -0.05) is 101 Å². The van der Waals surface area contributed by atoms with Gasteiger partial charge in [0.1, 0.15) is 6.54 Å². The number of nitrogens with zero attached hydrogens (tertiary/aromatic N) is 1. The molecular weight excluding hydrogens is 633 g/mol. The quantitative estimate of drug-likeness (QED) is 0.116. The van der Waals surface area contributed by atoms with Gasteiger partial charge in [0.25, 0.3) is 0 Å². The van der Waals surface area contributed by atoms with Crippen LogP contribution in [-0.4, -0.2) is 42.3 Å². The molecule has 2 aromatic carbocycles. The summed E-state index contributed by atoms with van der Waals surface area (Å²) in [6.07, 6.45) is 19.0. The highest BCUT2D eigenvalue weighted by atomic mass is 79.9. The molecule has 236 valence electrons. The van der Waals surface area contributed by atoms with Crippen molar-refractivity contribution in [3.63, 3.8) is 0 Å². The highest BCUT2D eigenvalue weighted by Crippen LogP contribution is 2.37. The Labute approximate surface area is 275 Å². The van der Waals surface area contributed by atoms with Gasteiger partial charge in [-0.05, 0) is 49.6 Å². The van der Waals surface area contributed by atoms with Gasteiger partial charge in [-0.3, -0.25) is 0 Å². The van der Waals surface area contributed by atoms with E-state index in [2.05, 4.69) is 23.6 Å². The summed E-state index contributed by atoms with van der Waals surface area (Å²) in [6, 6.07) is 10.1. The van der Waals surface area contributed by atoms with E-state index in [9.17, 15) is 0 Å². The molecule has 0 aliphatic carbocycles. The van der Waals surface area contributed by atoms with E-state index in [0.29, 0.717) is 6.61 Å². The SMILES string of the molecule is CCCCCCCCCCCC1=[N+](Cc2cc(Cl)ccc2Cl)CCc2c1ccc(OC)c2OCCCCCCCO.[Br-]. The van der Waals surface area contributed by atoms with Gasteiger partial charge in [-0.2, -0.15) is 0 Å². The van der Waals surface area contributed by atoms with Crippen molar-refractivity contribution < 1.29 is 36.1 Å². The third-order valence-electron chi connectivity index (χ3n) is 8.20. The summed E-state index contributed by atoms with van der Waals surface area (Å²) >= 11 is 13.0. The third-order valence-corrected chi connectivity index (χ3v) is 8.81. The van der Waals surface area contributed by atoms with Crippen molar-refractivity contribution in [1.29, 1.82) is 0 Å². The second kappa shape index (κ2) is 21.4. The fraction of sp³-hybridized carbons (Fsp3) is 0.629. The van der Waals surface area contributed by atoms with Crippen molar-refractivity contribution in [2.75, 3.05) is 26.9 Å². The Morgan fingerprint density at radius 1 is 0.833 bits per heavy atom. The number of fused-ring (bicyclic) bond motifs is 1. The van der Waals surface area contributed by atoms with Gasteiger partial charge in [0, 0.05) is 41.2 Å². The first-order valence-corrected chi connectivity index (χ1v) is 16.8. The van der Waals surface area contributed by atoms with Gasteiger partial charge in [0.15, 0.2) is 23.8 Å². The first-order valence-electron chi connectivity index (χ1n) is 16.1. The average molecular weight is 686 g/mol. The second-order valence-electron chi connectivity index (χ2n) is 11.4. The number of benzene rings is 2. The monoisotopic (exact) mass is 683 g/mol. The molecule has 0 saturated carbocycles. The summed E-state index contributed by atoms with van der Waals surface area (Å²) in [4.78, 5) is 0. The third kappa shape index (κ3) is 12.0. The van der Waals surface area contributed by atoms with E-state index in [4.69, 9.17) is 37.8 Å². The van der Waals surface area contributed by atoms with E-state index in [1.54, 1.807) is 7.11 Å². The van der Waals surface area contributed by atoms with Crippen molar-refractivity contribution >= 4 is 28.9 Å². The van der Waals surface area contributed by atoms with Gasteiger partial charge >= 0.3 is 0 Å². The summed E-state index contributed by atoms with van der Waals surface area (Å²) in [5, 5.41) is 10.5. The summed E-state index contributed by atoms with van der Waals surface area (Å²) in [5.74, 6) is 1.73. The molecule has 0 radical (unpaired) electrons. The van der Waals surface area contributed by atoms with E-state index >= 15 is 0 Å². The molecule has 7 heteroatoms. The largest absolute Gasteiger partial charge is 1.00 e. The molecule has 0 saturated heterocycles. The Balaban J connectivity index is 0.00000616. The lowest BCUT2D eigenvalue weighted by Crippen LogP contribution is -3.00. The highest BCUT2D eigenvalue weighted by molar-refractivity contribution is 6.33. The molecular formula is C35H52BrCl2NO3. The molecule has 2 aromatic rings. The fourth-order valence-electron chi connectivity index (χ4n) is 5.85. The summed E-state index contributed by atoms with van der Waals surface area (Å²) in [6.45, 7) is 4.90. The molecule has 1 aliphatic rings. The maximum atomic E-state index is 9.01. The maximum Gasteiger partial charge on any atom is 0.184 e. The molecule has 0 unspecified atom stereocenters. The van der Waals surface area contributed by atoms with Gasteiger partial charge in [0.05, 0.1) is 18.7 Å². The normalized spacial score (nSPS) is 12.7. The topological polar surface area (TPSA) is 41.7 Å². The van der Waals surface area contributed by atoms with Crippen LogP contribution in [0.4, 0.5) is 0 Å². The minimum atomic E-state index is 0. The van der Waals surface area contributed by atoms with Crippen LogP contribution in [0, 0.1) is 0 Å². The molecule has 0 spiro atoms. The molecule has 1 N–H and O–H groups in total. The van der Waals surface area contributed by atoms with Crippen molar-refractivity contribution in [3.8, 4) is 11.5 Å². The molecule has 0 fully saturated rings. The van der Waals surface area contributed by atoms with E-state index in [-0.39, 0.29) is 23.6 Å². The molecule has 0 atom stereocenters. The predicted molar refractivity (Wildman–Crippen MR) is 174 cm³/mol. The van der Waals surface area contributed by atoms with Crippen LogP contribution in [0.3, 0.4) is 0 Å². The van der Waals surface area contributed by atoms with Crippen molar-refractivity contribution in [2.45, 2.75) is 116 Å². The molecule has 0 amide bonds. The Morgan fingerprint density at radius 3 is 2.19 bits per heavy atom. The standard InChI is InChI=1S/C35H52Cl2NO3.BrH/c1-3-4-5-6-7-8-9-11-14-17-33-30-19-21-34(40-2)35(41-25-16-13-10-12-15-24-39)31(30)22-23-38(33)27-28-26-29(36)18-20-32(28)37;/h18-21,26,39H,3-17,22-25,27H2,1-2H3;1H/q+1;/p-1. The predicted octanol–water partition coefficient (Wildman–Crippen LogP) is 6.81. The first-order chi connectivity index (χ1) is 20.1. The fourth-order valence-corrected chi connectivity index (χ4v) is 6.23. The van der Waals surface area contributed by atoms with Crippen LogP contribution in [0.5, 0.6) is 11.5 Å². The molecule has 1 aliphatic heterocycles. The average Bonchev–Trinajstić information content (AvgIpc) is 2.98. The lowest BCUT2D eigenvalue weighted by Gasteiger charge is -2.23. The number of halogens is 3. The van der Waals surface area contributed by atoms with Crippen LogP contribution in [0.15, 0.2) is 30.3 Å². The van der Waals surface area contributed by atoms with Crippen LogP contribution >= 0.6 is 23.2 Å². The molecule has 1 heterocycles. The number of rotatable bonds is 21. The van der Waals surface area contributed by atoms with Crippen LogP contribution in [0.1, 0.15) is 120 Å². The number of methoxy groups -OCH3 is 1. The van der Waals surface area contributed by atoms with Crippen LogP contribution in [-0.2, 0) is 13.0 Å². The number of aliphatic hydroxyl groups excluding tert-OH is 1. The van der Waals surface area contributed by atoms with Gasteiger partial charge in [-0.15, -0.1) is 0 Å². The number of aliphatic hydroxyl groups is 1. The lowest BCUT2D eigenvalue weighted by molar-refractivity contribution is -0.545. The first kappa shape index (κ1) is 36.9. The summed E-state index contributed by atoms with van der Waals surface area (Å²) in [7, 11) is 1.73. The van der Waals surface area contributed by atoms with E-state index < -0.39 is 0 Å². The van der Waals surface area contributed by atoms with Crippen LogP contribution in [0.2, 0.25) is 10.0 Å². The summed E-state index contributed by atoms with van der Waals surface area (Å²) < 4.78 is 14.7. The van der Waals surface area contributed by atoms with Crippen molar-refractivity contribution in [1.82, 2.24) is 0 Å². The minimum absolute atomic E-state index is 0. The lowest BCUT2D eigenvalue weighted by atomic mass is 9.91. The van der Waals surface area contributed by atoms with Crippen LogP contribution in [0.25, 0.3) is 0 Å². The van der Waals surface area contributed by atoms with Crippen molar-refractivity contribution in [2.24, 2.45) is 0 Å². The Kier molecular flexibility index (Phi) is 18.8. The van der Waals surface area contributed by atoms with Gasteiger partial charge < -0.3 is 31.6 Å². The van der Waals surface area contributed by atoms with E-state index in [0.717, 1.165) is 85.1 Å². The van der Waals surface area contributed by atoms with Gasteiger partial charge in [-0.25, -0.2) is 4.58 Å². The maximum absolute atomic E-state index is 9.01. The zero-order valence-corrected chi connectivity index (χ0v) is 29.0. The summed E-state index contributed by atoms with van der Waals surface area (Å²) in [5.41, 5.74) is 5.00. The minimum Gasteiger partial charge on any atom is -1.00 e. The Hall–Kier alpha value is -1.27. The Bertz CT molecular complexity index is 1090. The number of unbranched alkanes of at least 4 members (excludes halogenated alkanes) is 12. The smallest absolute Gasteiger partial charge is 0.184 e. The van der Waals surface area contributed by atoms with Crippen molar-refractivity contribution in [3.05, 3.63) is 57.1 Å². The molecule has 0 aromatic heterocycles. The van der Waals surface area contributed by atoms with E-state index in [1.807, 2.05) is 18.2 Å². The van der Waals surface area contributed by atoms with Crippen LogP contribution < -0.4 is 26.5 Å². The molecule has 4 nitrogen and oxygen atoms in total. The zero-order chi connectivity index (χ0) is 29.3. The number of ether oxygens (including phenoxy) is 2. The highest BCUT2D eigenvalue weighted by Gasteiger charge is 2.30. The number of hydrogen-bond donors (Lipinski definition) is 1. The van der Waals surface area contributed by atoms with E-state index in [1.165, 1.54) is 74.6 Å². The second-order valence-corrected chi connectivity index (χ2v) is 12.2. The molecule has 42 heavy (non-hydrogen) atoms.